The van der Waals surface area contributed by atoms with Crippen molar-refractivity contribution in [2.24, 2.45) is 11.7 Å². The average Bonchev–Trinajstić information content (AvgIpc) is 3.05. The zero-order valence-corrected chi connectivity index (χ0v) is 14.1. The molecule has 1 aliphatic rings. The third-order valence-corrected chi connectivity index (χ3v) is 6.09. The van der Waals surface area contributed by atoms with E-state index in [2.05, 4.69) is 6.92 Å². The van der Waals surface area contributed by atoms with Gasteiger partial charge in [0.2, 0.25) is 10.0 Å². The van der Waals surface area contributed by atoms with Crippen molar-refractivity contribution in [2.45, 2.75) is 57.5 Å². The fourth-order valence-electron chi connectivity index (χ4n) is 3.09. The van der Waals surface area contributed by atoms with Gasteiger partial charge in [-0.15, -0.1) is 0 Å². The van der Waals surface area contributed by atoms with Crippen LogP contribution in [0, 0.1) is 5.92 Å². The summed E-state index contributed by atoms with van der Waals surface area (Å²) < 4.78 is 29.1. The van der Waals surface area contributed by atoms with E-state index >= 15 is 0 Å². The van der Waals surface area contributed by atoms with Crippen molar-refractivity contribution in [3.05, 3.63) is 18.0 Å². The van der Waals surface area contributed by atoms with Crippen LogP contribution in [0.1, 0.15) is 51.8 Å². The van der Waals surface area contributed by atoms with Crippen molar-refractivity contribution in [3.8, 4) is 0 Å². The first-order valence-electron chi connectivity index (χ1n) is 7.81. The van der Waals surface area contributed by atoms with Gasteiger partial charge in [0.05, 0.1) is 0 Å². The first-order valence-corrected chi connectivity index (χ1v) is 9.25. The molecule has 1 aliphatic heterocycles. The summed E-state index contributed by atoms with van der Waals surface area (Å²) in [6, 6.07) is 1.93. The van der Waals surface area contributed by atoms with E-state index in [4.69, 9.17) is 5.73 Å². The van der Waals surface area contributed by atoms with Crippen molar-refractivity contribution in [1.82, 2.24) is 8.87 Å². The topological polar surface area (TPSA) is 68.3 Å². The SMILES string of the molecule is CCCC1CCN(S(=O)(=O)c2cc(CN)n(C(C)C)c2)C1. The lowest BCUT2D eigenvalue weighted by molar-refractivity contribution is 0.444. The minimum absolute atomic E-state index is 0.207. The largest absolute Gasteiger partial charge is 0.346 e. The minimum Gasteiger partial charge on any atom is -0.346 e. The van der Waals surface area contributed by atoms with Gasteiger partial charge in [0.15, 0.2) is 0 Å². The van der Waals surface area contributed by atoms with Crippen molar-refractivity contribution in [2.75, 3.05) is 13.1 Å². The maximum atomic E-state index is 12.8. The number of nitrogens with two attached hydrogens (primary N) is 1. The molecule has 0 aliphatic carbocycles. The summed E-state index contributed by atoms with van der Waals surface area (Å²) in [6.07, 6.45) is 4.92. The first-order chi connectivity index (χ1) is 9.90. The van der Waals surface area contributed by atoms with Crippen LogP contribution in [-0.2, 0) is 16.6 Å². The summed E-state index contributed by atoms with van der Waals surface area (Å²) in [5.74, 6) is 0.505. The normalized spacial score (nSPS) is 20.5. The van der Waals surface area contributed by atoms with Crippen LogP contribution in [0.25, 0.3) is 0 Å². The Kier molecular flexibility index (Phi) is 5.11. The summed E-state index contributed by atoms with van der Waals surface area (Å²) in [5.41, 5.74) is 6.60. The molecule has 1 atom stereocenters. The molecule has 5 nitrogen and oxygen atoms in total. The van der Waals surface area contributed by atoms with Gasteiger partial charge in [0, 0.05) is 37.6 Å². The Bertz CT molecular complexity index is 578. The van der Waals surface area contributed by atoms with E-state index in [1.807, 2.05) is 18.4 Å². The predicted octanol–water partition coefficient (Wildman–Crippen LogP) is 2.34. The molecule has 1 unspecified atom stereocenters. The highest BCUT2D eigenvalue weighted by Crippen LogP contribution is 2.28. The van der Waals surface area contributed by atoms with Gasteiger partial charge in [-0.2, -0.15) is 4.31 Å². The van der Waals surface area contributed by atoms with Crippen molar-refractivity contribution >= 4 is 10.0 Å². The number of hydrogen-bond acceptors (Lipinski definition) is 3. The molecular weight excluding hydrogens is 286 g/mol. The maximum absolute atomic E-state index is 12.8. The first kappa shape index (κ1) is 16.5. The van der Waals surface area contributed by atoms with Gasteiger partial charge >= 0.3 is 0 Å². The molecule has 1 fully saturated rings. The quantitative estimate of drug-likeness (QED) is 0.876. The van der Waals surface area contributed by atoms with Crippen LogP contribution in [0.4, 0.5) is 0 Å². The number of sulfonamides is 1. The van der Waals surface area contributed by atoms with Crippen LogP contribution >= 0.6 is 0 Å². The van der Waals surface area contributed by atoms with Gasteiger partial charge in [-0.1, -0.05) is 13.3 Å². The molecule has 0 bridgehead atoms. The Morgan fingerprint density at radius 2 is 2.14 bits per heavy atom. The molecule has 0 spiro atoms. The lowest BCUT2D eigenvalue weighted by Gasteiger charge is -2.15. The predicted molar refractivity (Wildman–Crippen MR) is 84.5 cm³/mol. The highest BCUT2D eigenvalue weighted by atomic mass is 32.2. The fraction of sp³-hybridized carbons (Fsp3) is 0.733. The van der Waals surface area contributed by atoms with Crippen LogP contribution in [0.3, 0.4) is 0 Å². The van der Waals surface area contributed by atoms with E-state index < -0.39 is 10.0 Å². The Hall–Kier alpha value is -0.850. The second-order valence-electron chi connectivity index (χ2n) is 6.18. The molecule has 2 heterocycles. The second-order valence-corrected chi connectivity index (χ2v) is 8.12. The molecule has 0 aromatic carbocycles. The van der Waals surface area contributed by atoms with E-state index in [1.165, 1.54) is 0 Å². The van der Waals surface area contributed by atoms with Gasteiger partial charge in [-0.25, -0.2) is 8.42 Å². The monoisotopic (exact) mass is 313 g/mol. The minimum atomic E-state index is -3.38. The van der Waals surface area contributed by atoms with Gasteiger partial charge < -0.3 is 10.3 Å². The van der Waals surface area contributed by atoms with Gasteiger partial charge in [0.1, 0.15) is 4.90 Å². The standard InChI is InChI=1S/C15H27N3O2S/c1-4-5-13-6-7-17(10-13)21(19,20)15-8-14(9-16)18(11-15)12(2)3/h8,11-13H,4-7,9-10,16H2,1-3H3. The van der Waals surface area contributed by atoms with Gasteiger partial charge in [-0.3, -0.25) is 0 Å². The molecule has 1 aromatic rings. The molecule has 2 rings (SSSR count). The average molecular weight is 313 g/mol. The molecule has 21 heavy (non-hydrogen) atoms. The van der Waals surface area contributed by atoms with Crippen molar-refractivity contribution in [1.29, 1.82) is 0 Å². The highest BCUT2D eigenvalue weighted by Gasteiger charge is 2.33. The molecule has 1 saturated heterocycles. The highest BCUT2D eigenvalue weighted by molar-refractivity contribution is 7.89. The van der Waals surface area contributed by atoms with Crippen LogP contribution in [0.2, 0.25) is 0 Å². The van der Waals surface area contributed by atoms with Crippen LogP contribution in [0.5, 0.6) is 0 Å². The molecule has 1 aromatic heterocycles. The molecule has 0 radical (unpaired) electrons. The maximum Gasteiger partial charge on any atom is 0.244 e. The Labute approximate surface area is 128 Å². The lowest BCUT2D eigenvalue weighted by atomic mass is 10.0. The smallest absolute Gasteiger partial charge is 0.244 e. The van der Waals surface area contributed by atoms with E-state index in [0.717, 1.165) is 25.0 Å². The zero-order chi connectivity index (χ0) is 15.6. The van der Waals surface area contributed by atoms with Crippen molar-refractivity contribution < 1.29 is 8.42 Å². The van der Waals surface area contributed by atoms with E-state index in [9.17, 15) is 8.42 Å². The van der Waals surface area contributed by atoms with Crippen LogP contribution in [-0.4, -0.2) is 30.4 Å². The van der Waals surface area contributed by atoms with Crippen molar-refractivity contribution in [3.63, 3.8) is 0 Å². The number of hydrogen-bond donors (Lipinski definition) is 1. The van der Waals surface area contributed by atoms with Crippen LogP contribution in [0.15, 0.2) is 17.2 Å². The van der Waals surface area contributed by atoms with Crippen LogP contribution < -0.4 is 5.73 Å². The third-order valence-electron chi connectivity index (χ3n) is 4.26. The molecule has 0 amide bonds. The number of rotatable bonds is 6. The molecule has 0 saturated carbocycles. The third kappa shape index (κ3) is 3.33. The molecule has 120 valence electrons. The summed E-state index contributed by atoms with van der Waals surface area (Å²) in [7, 11) is -3.38. The Morgan fingerprint density at radius 3 is 2.67 bits per heavy atom. The van der Waals surface area contributed by atoms with E-state index in [1.54, 1.807) is 16.6 Å². The summed E-state index contributed by atoms with van der Waals surface area (Å²) in [6.45, 7) is 7.85. The Morgan fingerprint density at radius 1 is 1.43 bits per heavy atom. The Balaban J connectivity index is 2.24. The zero-order valence-electron chi connectivity index (χ0n) is 13.2. The number of aromatic nitrogens is 1. The van der Waals surface area contributed by atoms with E-state index in [-0.39, 0.29) is 6.04 Å². The fourth-order valence-corrected chi connectivity index (χ4v) is 4.67. The number of nitrogens with zero attached hydrogens (tertiary/aromatic N) is 2. The van der Waals surface area contributed by atoms with Gasteiger partial charge in [-0.05, 0) is 38.7 Å². The summed E-state index contributed by atoms with van der Waals surface area (Å²) >= 11 is 0. The summed E-state index contributed by atoms with van der Waals surface area (Å²) in [4.78, 5) is 0.383. The van der Waals surface area contributed by atoms with E-state index in [0.29, 0.717) is 30.4 Å². The molecular formula is C15H27N3O2S. The lowest BCUT2D eigenvalue weighted by Crippen LogP contribution is -2.28. The second kappa shape index (κ2) is 6.50. The summed E-state index contributed by atoms with van der Waals surface area (Å²) in [5, 5.41) is 0. The molecule has 6 heteroatoms. The molecule has 2 N–H and O–H groups in total. The van der Waals surface area contributed by atoms with Gasteiger partial charge in [0.25, 0.3) is 0 Å².